The highest BCUT2D eigenvalue weighted by Gasteiger charge is 2.50. The standard InChI is InChI=1S/C25H30N2O4/c1-17(2)22(28)15-19(14-20-11-7-8-12-26-20)24(30)27-21(23(29)25(3)16-31-25)13-18-9-5-4-6-10-18/h4-12,17,19,21H,13-16H2,1-3H3,(H,27,30)/t19-,21+,25?/m1/s1. The molecular formula is C25H30N2O4. The van der Waals surface area contributed by atoms with Crippen molar-refractivity contribution in [1.29, 1.82) is 0 Å². The number of amides is 1. The monoisotopic (exact) mass is 422 g/mol. The van der Waals surface area contributed by atoms with Crippen LogP contribution in [-0.2, 0) is 32.0 Å². The molecule has 1 N–H and O–H groups in total. The number of rotatable bonds is 11. The average molecular weight is 423 g/mol. The van der Waals surface area contributed by atoms with Crippen molar-refractivity contribution in [3.05, 3.63) is 66.0 Å². The fraction of sp³-hybridized carbons (Fsp3) is 0.440. The third-order valence-corrected chi connectivity index (χ3v) is 5.66. The maximum absolute atomic E-state index is 13.3. The summed E-state index contributed by atoms with van der Waals surface area (Å²) in [6, 6.07) is 14.3. The van der Waals surface area contributed by atoms with Gasteiger partial charge in [-0.25, -0.2) is 0 Å². The molecule has 1 aliphatic heterocycles. The minimum absolute atomic E-state index is 0.0134. The molecule has 0 spiro atoms. The Morgan fingerprint density at radius 2 is 1.74 bits per heavy atom. The number of ether oxygens (including phenoxy) is 1. The zero-order chi connectivity index (χ0) is 22.4. The summed E-state index contributed by atoms with van der Waals surface area (Å²) in [6.07, 6.45) is 2.49. The van der Waals surface area contributed by atoms with Gasteiger partial charge >= 0.3 is 0 Å². The van der Waals surface area contributed by atoms with Crippen LogP contribution in [0.15, 0.2) is 54.7 Å². The van der Waals surface area contributed by atoms with Gasteiger partial charge in [0, 0.05) is 30.7 Å². The molecule has 3 atom stereocenters. The second kappa shape index (κ2) is 9.96. The van der Waals surface area contributed by atoms with Crippen LogP contribution in [0.5, 0.6) is 0 Å². The number of carbonyl (C=O) groups is 3. The van der Waals surface area contributed by atoms with Crippen molar-refractivity contribution in [2.24, 2.45) is 11.8 Å². The van der Waals surface area contributed by atoms with Gasteiger partial charge in [-0.05, 0) is 31.0 Å². The summed E-state index contributed by atoms with van der Waals surface area (Å²) < 4.78 is 5.35. The topological polar surface area (TPSA) is 88.7 Å². The molecule has 2 heterocycles. The Morgan fingerprint density at radius 3 is 2.32 bits per heavy atom. The Kier molecular flexibility index (Phi) is 7.33. The third-order valence-electron chi connectivity index (χ3n) is 5.66. The quantitative estimate of drug-likeness (QED) is 0.563. The summed E-state index contributed by atoms with van der Waals surface area (Å²) in [5.74, 6) is -1.20. The molecule has 1 saturated heterocycles. The van der Waals surface area contributed by atoms with Crippen LogP contribution in [0.1, 0.15) is 38.4 Å². The molecule has 2 aromatic rings. The Labute approximate surface area is 183 Å². The van der Waals surface area contributed by atoms with Crippen LogP contribution in [0.3, 0.4) is 0 Å². The van der Waals surface area contributed by atoms with Crippen molar-refractivity contribution >= 4 is 17.5 Å². The van der Waals surface area contributed by atoms with Crippen LogP contribution in [-0.4, -0.2) is 40.7 Å². The first-order valence-corrected chi connectivity index (χ1v) is 10.7. The number of aromatic nitrogens is 1. The summed E-state index contributed by atoms with van der Waals surface area (Å²) in [7, 11) is 0. The van der Waals surface area contributed by atoms with Crippen LogP contribution in [0.2, 0.25) is 0 Å². The van der Waals surface area contributed by atoms with E-state index in [0.717, 1.165) is 11.3 Å². The van der Waals surface area contributed by atoms with Gasteiger partial charge in [-0.1, -0.05) is 50.2 Å². The number of carbonyl (C=O) groups excluding carboxylic acids is 3. The van der Waals surface area contributed by atoms with Crippen molar-refractivity contribution in [1.82, 2.24) is 10.3 Å². The van der Waals surface area contributed by atoms with Crippen LogP contribution >= 0.6 is 0 Å². The fourth-order valence-electron chi connectivity index (χ4n) is 3.48. The van der Waals surface area contributed by atoms with E-state index in [2.05, 4.69) is 10.3 Å². The van der Waals surface area contributed by atoms with Crippen molar-refractivity contribution < 1.29 is 19.1 Å². The summed E-state index contributed by atoms with van der Waals surface area (Å²) >= 11 is 0. The summed E-state index contributed by atoms with van der Waals surface area (Å²) in [4.78, 5) is 43.1. The number of epoxide rings is 1. The van der Waals surface area contributed by atoms with Crippen LogP contribution < -0.4 is 5.32 Å². The lowest BCUT2D eigenvalue weighted by atomic mass is 9.90. The van der Waals surface area contributed by atoms with Crippen molar-refractivity contribution in [3.63, 3.8) is 0 Å². The van der Waals surface area contributed by atoms with E-state index in [9.17, 15) is 14.4 Å². The Bertz CT molecular complexity index is 908. The van der Waals surface area contributed by atoms with Gasteiger partial charge < -0.3 is 10.1 Å². The molecular weight excluding hydrogens is 392 g/mol. The van der Waals surface area contributed by atoms with Gasteiger partial charge in [-0.2, -0.15) is 0 Å². The molecule has 6 nitrogen and oxygen atoms in total. The third kappa shape index (κ3) is 6.31. The molecule has 3 rings (SSSR count). The molecule has 1 fully saturated rings. The van der Waals surface area contributed by atoms with Crippen LogP contribution in [0.4, 0.5) is 0 Å². The minimum Gasteiger partial charge on any atom is -0.361 e. The predicted octanol–water partition coefficient (Wildman–Crippen LogP) is 2.94. The van der Waals surface area contributed by atoms with Gasteiger partial charge in [0.25, 0.3) is 0 Å². The van der Waals surface area contributed by atoms with Gasteiger partial charge in [-0.3, -0.25) is 19.4 Å². The largest absolute Gasteiger partial charge is 0.361 e. The van der Waals surface area contributed by atoms with Gasteiger partial charge in [-0.15, -0.1) is 0 Å². The first-order chi connectivity index (χ1) is 14.8. The molecule has 0 aliphatic carbocycles. The molecule has 164 valence electrons. The molecule has 0 radical (unpaired) electrons. The lowest BCUT2D eigenvalue weighted by Crippen LogP contribution is -2.49. The molecule has 1 aromatic heterocycles. The van der Waals surface area contributed by atoms with E-state index in [4.69, 9.17) is 4.74 Å². The highest BCUT2D eigenvalue weighted by Crippen LogP contribution is 2.29. The number of hydrogen-bond donors (Lipinski definition) is 1. The van der Waals surface area contributed by atoms with Gasteiger partial charge in [0.05, 0.1) is 18.6 Å². The zero-order valence-electron chi connectivity index (χ0n) is 18.3. The summed E-state index contributed by atoms with van der Waals surface area (Å²) in [6.45, 7) is 5.75. The first kappa shape index (κ1) is 22.8. The van der Waals surface area contributed by atoms with Crippen LogP contribution in [0, 0.1) is 11.8 Å². The Balaban J connectivity index is 1.79. The second-order valence-electron chi connectivity index (χ2n) is 8.68. The summed E-state index contributed by atoms with van der Waals surface area (Å²) in [5, 5.41) is 2.93. The van der Waals surface area contributed by atoms with Crippen molar-refractivity contribution in [3.8, 4) is 0 Å². The number of nitrogens with one attached hydrogen (secondary N) is 1. The maximum Gasteiger partial charge on any atom is 0.224 e. The summed E-state index contributed by atoms with van der Waals surface area (Å²) in [5.41, 5.74) is 0.837. The molecule has 0 bridgehead atoms. The van der Waals surface area contributed by atoms with E-state index < -0.39 is 17.6 Å². The van der Waals surface area contributed by atoms with Gasteiger partial charge in [0.2, 0.25) is 5.91 Å². The molecule has 1 unspecified atom stereocenters. The molecule has 31 heavy (non-hydrogen) atoms. The van der Waals surface area contributed by atoms with Crippen LogP contribution in [0.25, 0.3) is 0 Å². The minimum atomic E-state index is -0.850. The number of benzene rings is 1. The molecule has 6 heteroatoms. The van der Waals surface area contributed by atoms with Gasteiger partial charge in [0.15, 0.2) is 5.78 Å². The number of ketones is 2. The molecule has 1 amide bonds. The van der Waals surface area contributed by atoms with E-state index in [-0.39, 0.29) is 29.8 Å². The number of hydrogen-bond acceptors (Lipinski definition) is 5. The maximum atomic E-state index is 13.3. The van der Waals surface area contributed by atoms with E-state index in [0.29, 0.717) is 19.4 Å². The zero-order valence-corrected chi connectivity index (χ0v) is 18.3. The Hall–Kier alpha value is -2.86. The second-order valence-corrected chi connectivity index (χ2v) is 8.68. The lowest BCUT2D eigenvalue weighted by Gasteiger charge is -2.23. The smallest absolute Gasteiger partial charge is 0.224 e. The highest BCUT2D eigenvalue weighted by atomic mass is 16.6. The average Bonchev–Trinajstić information content (AvgIpc) is 3.52. The van der Waals surface area contributed by atoms with Crippen molar-refractivity contribution in [2.45, 2.75) is 51.7 Å². The van der Waals surface area contributed by atoms with Gasteiger partial charge in [0.1, 0.15) is 11.4 Å². The molecule has 0 saturated carbocycles. The number of nitrogens with zero attached hydrogens (tertiary/aromatic N) is 1. The van der Waals surface area contributed by atoms with E-state index in [1.807, 2.05) is 62.4 Å². The molecule has 1 aromatic carbocycles. The first-order valence-electron chi connectivity index (χ1n) is 10.7. The molecule has 1 aliphatic rings. The Morgan fingerprint density at radius 1 is 1.06 bits per heavy atom. The van der Waals surface area contributed by atoms with E-state index in [1.165, 1.54) is 0 Å². The number of Topliss-reactive ketones (excluding diaryl/α,β-unsaturated/α-hetero) is 2. The van der Waals surface area contributed by atoms with E-state index in [1.54, 1.807) is 13.1 Å². The number of pyridine rings is 1. The van der Waals surface area contributed by atoms with E-state index >= 15 is 0 Å². The predicted molar refractivity (Wildman–Crippen MR) is 117 cm³/mol. The normalized spacial score (nSPS) is 19.5. The van der Waals surface area contributed by atoms with Crippen molar-refractivity contribution in [2.75, 3.05) is 6.61 Å². The fourth-order valence-corrected chi connectivity index (χ4v) is 3.48. The highest BCUT2D eigenvalue weighted by molar-refractivity contribution is 5.97. The lowest BCUT2D eigenvalue weighted by molar-refractivity contribution is -0.134. The SMILES string of the molecule is CC(C)C(=O)C[C@@H](Cc1ccccn1)C(=O)N[C@@H](Cc1ccccc1)C(=O)C1(C)CO1.